The van der Waals surface area contributed by atoms with Gasteiger partial charge in [0.25, 0.3) is 0 Å². The van der Waals surface area contributed by atoms with Gasteiger partial charge < -0.3 is 5.32 Å². The summed E-state index contributed by atoms with van der Waals surface area (Å²) in [5.41, 5.74) is 1.45. The van der Waals surface area contributed by atoms with Crippen molar-refractivity contribution >= 4 is 0 Å². The second-order valence-electron chi connectivity index (χ2n) is 4.40. The van der Waals surface area contributed by atoms with Crippen molar-refractivity contribution in [3.8, 4) is 0 Å². The Morgan fingerprint density at radius 3 is 2.20 bits per heavy atom. The number of likely N-dealkylation sites (N-methyl/N-ethyl adjacent to an activating group) is 1. The van der Waals surface area contributed by atoms with Crippen LogP contribution in [0.2, 0.25) is 0 Å². The van der Waals surface area contributed by atoms with Crippen LogP contribution in [0.4, 0.5) is 0 Å². The highest BCUT2D eigenvalue weighted by molar-refractivity contribution is 5.21. The van der Waals surface area contributed by atoms with Crippen LogP contribution in [-0.4, -0.2) is 13.1 Å². The molecule has 0 spiro atoms. The molecule has 0 heterocycles. The Balaban J connectivity index is 2.91. The summed E-state index contributed by atoms with van der Waals surface area (Å²) in [6, 6.07) is 11.4. The van der Waals surface area contributed by atoms with Crippen LogP contribution in [0.5, 0.6) is 0 Å². The number of benzene rings is 1. The first-order valence-corrected chi connectivity index (χ1v) is 5.92. The second kappa shape index (κ2) is 5.92. The fraction of sp³-hybridized carbons (Fsp3) is 0.571. The molecule has 1 heteroatoms. The average molecular weight is 205 g/mol. The molecule has 3 unspecified atom stereocenters. The van der Waals surface area contributed by atoms with Crippen molar-refractivity contribution < 1.29 is 0 Å². The topological polar surface area (TPSA) is 12.0 Å². The molecule has 0 aliphatic carbocycles. The minimum atomic E-state index is 0.530. The zero-order chi connectivity index (χ0) is 11.3. The van der Waals surface area contributed by atoms with Gasteiger partial charge in [0.15, 0.2) is 0 Å². The minimum absolute atomic E-state index is 0.530. The van der Waals surface area contributed by atoms with Crippen molar-refractivity contribution in [1.29, 1.82) is 0 Å². The Kier molecular flexibility index (Phi) is 4.83. The number of nitrogens with one attached hydrogen (secondary N) is 1. The monoisotopic (exact) mass is 205 g/mol. The summed E-state index contributed by atoms with van der Waals surface area (Å²) in [6.07, 6.45) is 1.23. The normalized spacial score (nSPS) is 17.1. The van der Waals surface area contributed by atoms with E-state index in [4.69, 9.17) is 0 Å². The Morgan fingerprint density at radius 2 is 1.73 bits per heavy atom. The van der Waals surface area contributed by atoms with Gasteiger partial charge in [0, 0.05) is 12.0 Å². The molecule has 15 heavy (non-hydrogen) atoms. The van der Waals surface area contributed by atoms with Gasteiger partial charge in [-0.2, -0.15) is 0 Å². The summed E-state index contributed by atoms with van der Waals surface area (Å²) in [5, 5.41) is 3.38. The third-order valence-corrected chi connectivity index (χ3v) is 3.44. The minimum Gasteiger partial charge on any atom is -0.317 e. The molecule has 0 saturated carbocycles. The fourth-order valence-corrected chi connectivity index (χ4v) is 2.22. The maximum atomic E-state index is 3.38. The van der Waals surface area contributed by atoms with Gasteiger partial charge in [-0.1, -0.05) is 50.6 Å². The van der Waals surface area contributed by atoms with Gasteiger partial charge in [0.1, 0.15) is 0 Å². The highest BCUT2D eigenvalue weighted by Crippen LogP contribution is 2.29. The first-order valence-electron chi connectivity index (χ1n) is 5.92. The molecule has 1 N–H and O–H groups in total. The summed E-state index contributed by atoms with van der Waals surface area (Å²) in [6.45, 7) is 6.87. The number of hydrogen-bond acceptors (Lipinski definition) is 1. The molecule has 0 aliphatic heterocycles. The van der Waals surface area contributed by atoms with Gasteiger partial charge in [-0.3, -0.25) is 0 Å². The van der Waals surface area contributed by atoms with E-state index in [2.05, 4.69) is 56.4 Å². The van der Waals surface area contributed by atoms with Crippen LogP contribution in [0, 0.1) is 5.92 Å². The molecule has 0 bridgehead atoms. The van der Waals surface area contributed by atoms with Crippen molar-refractivity contribution in [1.82, 2.24) is 5.32 Å². The van der Waals surface area contributed by atoms with Crippen LogP contribution in [0.3, 0.4) is 0 Å². The molecule has 0 saturated heterocycles. The standard InChI is InChI=1S/C14H23N/c1-5-11(2)14(12(3)15-4)13-9-7-6-8-10-13/h6-12,14-15H,5H2,1-4H3. The zero-order valence-corrected chi connectivity index (χ0v) is 10.3. The predicted molar refractivity (Wildman–Crippen MR) is 67.2 cm³/mol. The van der Waals surface area contributed by atoms with Gasteiger partial charge >= 0.3 is 0 Å². The Bertz CT molecular complexity index is 258. The molecule has 84 valence electrons. The van der Waals surface area contributed by atoms with Gasteiger partial charge in [0.05, 0.1) is 0 Å². The summed E-state index contributed by atoms with van der Waals surface area (Å²) in [5.74, 6) is 1.33. The summed E-state index contributed by atoms with van der Waals surface area (Å²) in [4.78, 5) is 0. The van der Waals surface area contributed by atoms with E-state index < -0.39 is 0 Å². The van der Waals surface area contributed by atoms with E-state index in [-0.39, 0.29) is 0 Å². The largest absolute Gasteiger partial charge is 0.317 e. The van der Waals surface area contributed by atoms with Crippen molar-refractivity contribution in [2.75, 3.05) is 7.05 Å². The lowest BCUT2D eigenvalue weighted by atomic mass is 9.81. The van der Waals surface area contributed by atoms with E-state index in [0.717, 1.165) is 5.92 Å². The summed E-state index contributed by atoms with van der Waals surface area (Å²) < 4.78 is 0. The first kappa shape index (κ1) is 12.3. The number of hydrogen-bond donors (Lipinski definition) is 1. The first-order chi connectivity index (χ1) is 7.20. The molecule has 0 radical (unpaired) electrons. The lowest BCUT2D eigenvalue weighted by Gasteiger charge is -2.29. The molecule has 1 nitrogen and oxygen atoms in total. The third kappa shape index (κ3) is 3.07. The van der Waals surface area contributed by atoms with E-state index in [1.807, 2.05) is 7.05 Å². The lowest BCUT2D eigenvalue weighted by molar-refractivity contribution is 0.365. The molecule has 1 aromatic rings. The van der Waals surface area contributed by atoms with Crippen LogP contribution in [0.15, 0.2) is 30.3 Å². The van der Waals surface area contributed by atoms with Crippen LogP contribution in [-0.2, 0) is 0 Å². The van der Waals surface area contributed by atoms with Crippen molar-refractivity contribution in [3.05, 3.63) is 35.9 Å². The molecule has 0 aromatic heterocycles. The third-order valence-electron chi connectivity index (χ3n) is 3.44. The average Bonchev–Trinajstić information content (AvgIpc) is 2.30. The Morgan fingerprint density at radius 1 is 1.13 bits per heavy atom. The highest BCUT2D eigenvalue weighted by Gasteiger charge is 2.22. The Labute approximate surface area is 93.9 Å². The SMILES string of the molecule is CCC(C)C(c1ccccc1)C(C)NC. The van der Waals surface area contributed by atoms with Gasteiger partial charge in [-0.25, -0.2) is 0 Å². The van der Waals surface area contributed by atoms with E-state index in [0.29, 0.717) is 12.0 Å². The summed E-state index contributed by atoms with van der Waals surface area (Å²) in [7, 11) is 2.04. The van der Waals surface area contributed by atoms with E-state index >= 15 is 0 Å². The van der Waals surface area contributed by atoms with Crippen molar-refractivity contribution in [2.24, 2.45) is 5.92 Å². The quantitative estimate of drug-likeness (QED) is 0.776. The molecule has 1 aromatic carbocycles. The van der Waals surface area contributed by atoms with Crippen LogP contribution in [0.25, 0.3) is 0 Å². The smallest absolute Gasteiger partial charge is 0.0107 e. The predicted octanol–water partition coefficient (Wildman–Crippen LogP) is 3.42. The molecule has 3 atom stereocenters. The van der Waals surface area contributed by atoms with Gasteiger partial charge in [0.2, 0.25) is 0 Å². The second-order valence-corrected chi connectivity index (χ2v) is 4.40. The maximum absolute atomic E-state index is 3.38. The zero-order valence-electron chi connectivity index (χ0n) is 10.3. The van der Waals surface area contributed by atoms with Crippen molar-refractivity contribution in [2.45, 2.75) is 39.2 Å². The van der Waals surface area contributed by atoms with Gasteiger partial charge in [-0.15, -0.1) is 0 Å². The molecule has 0 aliphatic rings. The van der Waals surface area contributed by atoms with Gasteiger partial charge in [-0.05, 0) is 25.5 Å². The van der Waals surface area contributed by atoms with Crippen molar-refractivity contribution in [3.63, 3.8) is 0 Å². The number of rotatable bonds is 5. The summed E-state index contributed by atoms with van der Waals surface area (Å²) >= 11 is 0. The van der Waals surface area contributed by atoms with E-state index in [9.17, 15) is 0 Å². The van der Waals surface area contributed by atoms with E-state index in [1.54, 1.807) is 0 Å². The van der Waals surface area contributed by atoms with Crippen LogP contribution < -0.4 is 5.32 Å². The van der Waals surface area contributed by atoms with Crippen LogP contribution in [0.1, 0.15) is 38.7 Å². The molecule has 0 fully saturated rings. The van der Waals surface area contributed by atoms with Crippen LogP contribution >= 0.6 is 0 Å². The highest BCUT2D eigenvalue weighted by atomic mass is 14.9. The molecule has 0 amide bonds. The molecular formula is C14H23N. The Hall–Kier alpha value is -0.820. The molecular weight excluding hydrogens is 182 g/mol. The maximum Gasteiger partial charge on any atom is 0.0107 e. The fourth-order valence-electron chi connectivity index (χ4n) is 2.22. The lowest BCUT2D eigenvalue weighted by Crippen LogP contribution is -2.32. The molecule has 1 rings (SSSR count). The van der Waals surface area contributed by atoms with E-state index in [1.165, 1.54) is 12.0 Å².